The maximum absolute atomic E-state index is 4.37. The summed E-state index contributed by atoms with van der Waals surface area (Å²) in [6, 6.07) is 5.97. The van der Waals surface area contributed by atoms with E-state index < -0.39 is 0 Å². The molecule has 3 aromatic heterocycles. The zero-order valence-corrected chi connectivity index (χ0v) is 11.0. The number of pyridine rings is 1. The lowest BCUT2D eigenvalue weighted by Gasteiger charge is -2.06. The molecule has 1 N–H and O–H groups in total. The number of aryl methyl sites for hydroxylation is 2. The molecule has 19 heavy (non-hydrogen) atoms. The predicted molar refractivity (Wildman–Crippen MR) is 74.0 cm³/mol. The van der Waals surface area contributed by atoms with Crippen LogP contribution in [0.4, 0.5) is 5.69 Å². The average Bonchev–Trinajstić information content (AvgIpc) is 2.77. The van der Waals surface area contributed by atoms with Gasteiger partial charge in [-0.2, -0.15) is 5.10 Å². The molecule has 0 saturated heterocycles. The van der Waals surface area contributed by atoms with Crippen molar-refractivity contribution in [3.05, 3.63) is 53.7 Å². The molecular formula is C14H15N5. The second-order valence-electron chi connectivity index (χ2n) is 4.59. The quantitative estimate of drug-likeness (QED) is 0.778. The highest BCUT2D eigenvalue weighted by Gasteiger charge is 2.01. The summed E-state index contributed by atoms with van der Waals surface area (Å²) in [6.07, 6.45) is 5.69. The van der Waals surface area contributed by atoms with Crippen LogP contribution >= 0.6 is 0 Å². The van der Waals surface area contributed by atoms with Gasteiger partial charge in [-0.15, -0.1) is 0 Å². The molecule has 5 heteroatoms. The molecule has 5 nitrogen and oxygen atoms in total. The lowest BCUT2D eigenvalue weighted by molar-refractivity contribution is 0.895. The highest BCUT2D eigenvalue weighted by molar-refractivity contribution is 5.42. The van der Waals surface area contributed by atoms with Crippen molar-refractivity contribution in [2.45, 2.75) is 20.4 Å². The Bertz CT molecular complexity index is 699. The standard InChI is InChI=1S/C14H15N5/c1-10-3-4-13(8-15-10)16-6-12-7-17-14-5-11(2)18-19(14)9-12/h3-5,7-9,16H,6H2,1-2H3. The lowest BCUT2D eigenvalue weighted by atomic mass is 10.3. The molecule has 0 amide bonds. The SMILES string of the molecule is Cc1ccc(NCc2cnc3cc(C)nn3c2)cn1. The van der Waals surface area contributed by atoms with E-state index in [9.17, 15) is 0 Å². The summed E-state index contributed by atoms with van der Waals surface area (Å²) >= 11 is 0. The van der Waals surface area contributed by atoms with Crippen LogP contribution < -0.4 is 5.32 Å². The van der Waals surface area contributed by atoms with Gasteiger partial charge in [0.15, 0.2) is 5.65 Å². The Kier molecular flexibility index (Phi) is 2.87. The van der Waals surface area contributed by atoms with E-state index in [1.807, 2.05) is 50.6 Å². The van der Waals surface area contributed by atoms with Crippen LogP contribution in [0.5, 0.6) is 0 Å². The number of aromatic nitrogens is 4. The Hall–Kier alpha value is -2.43. The highest BCUT2D eigenvalue weighted by atomic mass is 15.2. The number of anilines is 1. The molecule has 0 spiro atoms. The molecule has 0 radical (unpaired) electrons. The maximum atomic E-state index is 4.37. The Morgan fingerprint density at radius 2 is 2.00 bits per heavy atom. The van der Waals surface area contributed by atoms with Crippen molar-refractivity contribution in [1.29, 1.82) is 0 Å². The molecule has 0 saturated carbocycles. The largest absolute Gasteiger partial charge is 0.380 e. The first-order valence-corrected chi connectivity index (χ1v) is 6.18. The Balaban J connectivity index is 1.75. The van der Waals surface area contributed by atoms with E-state index in [1.165, 1.54) is 0 Å². The summed E-state index contributed by atoms with van der Waals surface area (Å²) in [5.74, 6) is 0. The molecule has 96 valence electrons. The summed E-state index contributed by atoms with van der Waals surface area (Å²) in [6.45, 7) is 4.64. The van der Waals surface area contributed by atoms with E-state index in [1.54, 1.807) is 4.52 Å². The average molecular weight is 253 g/mol. The lowest BCUT2D eigenvalue weighted by Crippen LogP contribution is -2.02. The molecule has 0 atom stereocenters. The molecule has 3 aromatic rings. The third kappa shape index (κ3) is 2.54. The van der Waals surface area contributed by atoms with Crippen molar-refractivity contribution < 1.29 is 0 Å². The monoisotopic (exact) mass is 253 g/mol. The molecule has 0 aliphatic rings. The van der Waals surface area contributed by atoms with Gasteiger partial charge in [-0.05, 0) is 26.0 Å². The van der Waals surface area contributed by atoms with Gasteiger partial charge in [0.05, 0.1) is 17.6 Å². The first kappa shape index (κ1) is 11.6. The minimum absolute atomic E-state index is 0.701. The van der Waals surface area contributed by atoms with Gasteiger partial charge in [-0.1, -0.05) is 0 Å². The smallest absolute Gasteiger partial charge is 0.155 e. The van der Waals surface area contributed by atoms with E-state index in [0.29, 0.717) is 6.54 Å². The van der Waals surface area contributed by atoms with Gasteiger partial charge < -0.3 is 5.32 Å². The highest BCUT2D eigenvalue weighted by Crippen LogP contribution is 2.09. The van der Waals surface area contributed by atoms with E-state index in [-0.39, 0.29) is 0 Å². The third-order valence-corrected chi connectivity index (χ3v) is 2.90. The zero-order valence-electron chi connectivity index (χ0n) is 11.0. The van der Waals surface area contributed by atoms with Crippen LogP contribution in [-0.4, -0.2) is 19.6 Å². The fourth-order valence-electron chi connectivity index (χ4n) is 1.90. The van der Waals surface area contributed by atoms with Crippen molar-refractivity contribution in [1.82, 2.24) is 19.6 Å². The van der Waals surface area contributed by atoms with Crippen LogP contribution in [0.1, 0.15) is 17.0 Å². The topological polar surface area (TPSA) is 55.1 Å². The van der Waals surface area contributed by atoms with Gasteiger partial charge in [0.1, 0.15) is 0 Å². The number of nitrogens with one attached hydrogen (secondary N) is 1. The second-order valence-corrected chi connectivity index (χ2v) is 4.59. The van der Waals surface area contributed by atoms with E-state index in [0.717, 1.165) is 28.3 Å². The summed E-state index contributed by atoms with van der Waals surface area (Å²) < 4.78 is 1.81. The first-order chi connectivity index (χ1) is 9.20. The summed E-state index contributed by atoms with van der Waals surface area (Å²) in [4.78, 5) is 8.62. The van der Waals surface area contributed by atoms with Gasteiger partial charge >= 0.3 is 0 Å². The van der Waals surface area contributed by atoms with Gasteiger partial charge in [0, 0.05) is 36.3 Å². The van der Waals surface area contributed by atoms with E-state index in [2.05, 4.69) is 20.4 Å². The van der Waals surface area contributed by atoms with Crippen LogP contribution in [0, 0.1) is 13.8 Å². The molecular weight excluding hydrogens is 238 g/mol. The van der Waals surface area contributed by atoms with Crippen LogP contribution in [0.3, 0.4) is 0 Å². The number of hydrogen-bond donors (Lipinski definition) is 1. The van der Waals surface area contributed by atoms with Crippen LogP contribution in [0.15, 0.2) is 36.8 Å². The Morgan fingerprint density at radius 3 is 2.79 bits per heavy atom. The fourth-order valence-corrected chi connectivity index (χ4v) is 1.90. The first-order valence-electron chi connectivity index (χ1n) is 6.18. The zero-order chi connectivity index (χ0) is 13.2. The van der Waals surface area contributed by atoms with Crippen molar-refractivity contribution in [3.8, 4) is 0 Å². The summed E-state index contributed by atoms with van der Waals surface area (Å²) in [5, 5.41) is 7.67. The molecule has 0 bridgehead atoms. The Labute approximate surface area is 111 Å². The molecule has 3 heterocycles. The van der Waals surface area contributed by atoms with Gasteiger partial charge in [-0.3, -0.25) is 4.98 Å². The number of hydrogen-bond acceptors (Lipinski definition) is 4. The fraction of sp³-hybridized carbons (Fsp3) is 0.214. The minimum Gasteiger partial charge on any atom is -0.380 e. The van der Waals surface area contributed by atoms with Gasteiger partial charge in [-0.25, -0.2) is 9.50 Å². The minimum atomic E-state index is 0.701. The van der Waals surface area contributed by atoms with Crippen LogP contribution in [-0.2, 0) is 6.54 Å². The van der Waals surface area contributed by atoms with Crippen molar-refractivity contribution in [2.24, 2.45) is 0 Å². The number of rotatable bonds is 3. The van der Waals surface area contributed by atoms with Gasteiger partial charge in [0.25, 0.3) is 0 Å². The number of nitrogens with zero attached hydrogens (tertiary/aromatic N) is 4. The molecule has 0 unspecified atom stereocenters. The van der Waals surface area contributed by atoms with Gasteiger partial charge in [0.2, 0.25) is 0 Å². The summed E-state index contributed by atoms with van der Waals surface area (Å²) in [7, 11) is 0. The number of fused-ring (bicyclic) bond motifs is 1. The van der Waals surface area contributed by atoms with E-state index >= 15 is 0 Å². The molecule has 0 fully saturated rings. The van der Waals surface area contributed by atoms with Crippen molar-refractivity contribution in [2.75, 3.05) is 5.32 Å². The normalized spacial score (nSPS) is 10.8. The molecule has 0 aliphatic heterocycles. The van der Waals surface area contributed by atoms with Crippen molar-refractivity contribution in [3.63, 3.8) is 0 Å². The second kappa shape index (κ2) is 4.68. The molecule has 0 aromatic carbocycles. The predicted octanol–water partition coefficient (Wildman–Crippen LogP) is 2.35. The third-order valence-electron chi connectivity index (χ3n) is 2.90. The summed E-state index contributed by atoms with van der Waals surface area (Å²) in [5.41, 5.74) is 4.94. The Morgan fingerprint density at radius 1 is 1.11 bits per heavy atom. The maximum Gasteiger partial charge on any atom is 0.155 e. The molecule has 0 aliphatic carbocycles. The molecule has 3 rings (SSSR count). The van der Waals surface area contributed by atoms with E-state index in [4.69, 9.17) is 0 Å². The van der Waals surface area contributed by atoms with Crippen LogP contribution in [0.25, 0.3) is 5.65 Å². The van der Waals surface area contributed by atoms with Crippen molar-refractivity contribution >= 4 is 11.3 Å². The van der Waals surface area contributed by atoms with Crippen LogP contribution in [0.2, 0.25) is 0 Å².